The van der Waals surface area contributed by atoms with Gasteiger partial charge in [-0.05, 0) is 43.2 Å². The van der Waals surface area contributed by atoms with Gasteiger partial charge in [0.25, 0.3) is 5.91 Å². The van der Waals surface area contributed by atoms with E-state index in [0.717, 1.165) is 18.0 Å². The molecule has 2 fully saturated rings. The second kappa shape index (κ2) is 5.00. The van der Waals surface area contributed by atoms with Crippen molar-refractivity contribution in [1.29, 1.82) is 0 Å². The minimum Gasteiger partial charge on any atom is -0.384 e. The number of nitrogens with one attached hydrogen (secondary N) is 1. The van der Waals surface area contributed by atoms with Crippen LogP contribution in [0.25, 0.3) is 0 Å². The van der Waals surface area contributed by atoms with Crippen molar-refractivity contribution in [2.24, 2.45) is 11.8 Å². The SMILES string of the molecule is CC(C)(C)c1cc(C(=O)NC2CC3CCC2C3)cc(N)n1. The Kier molecular flexibility index (Phi) is 3.42. The molecule has 4 heteroatoms. The van der Waals surface area contributed by atoms with Gasteiger partial charge in [0, 0.05) is 22.7 Å². The number of amides is 1. The number of nitrogen functional groups attached to an aromatic ring is 1. The van der Waals surface area contributed by atoms with Gasteiger partial charge in [0.05, 0.1) is 0 Å². The second-order valence-corrected chi connectivity index (χ2v) is 7.67. The van der Waals surface area contributed by atoms with Crippen LogP contribution in [-0.2, 0) is 5.41 Å². The van der Waals surface area contributed by atoms with Crippen molar-refractivity contribution in [3.8, 4) is 0 Å². The normalized spacial score (nSPS) is 27.9. The topological polar surface area (TPSA) is 68.0 Å². The Labute approximate surface area is 126 Å². The van der Waals surface area contributed by atoms with Crippen LogP contribution in [0.5, 0.6) is 0 Å². The summed E-state index contributed by atoms with van der Waals surface area (Å²) in [6.07, 6.45) is 5.04. The lowest BCUT2D eigenvalue weighted by Gasteiger charge is -2.23. The monoisotopic (exact) mass is 287 g/mol. The maximum Gasteiger partial charge on any atom is 0.251 e. The molecule has 2 saturated carbocycles. The van der Waals surface area contributed by atoms with E-state index < -0.39 is 0 Å². The van der Waals surface area contributed by atoms with E-state index in [1.807, 2.05) is 6.07 Å². The van der Waals surface area contributed by atoms with Crippen LogP contribution in [0.2, 0.25) is 0 Å². The zero-order valence-electron chi connectivity index (χ0n) is 13.1. The summed E-state index contributed by atoms with van der Waals surface area (Å²) in [4.78, 5) is 16.9. The van der Waals surface area contributed by atoms with Gasteiger partial charge in [-0.25, -0.2) is 4.98 Å². The summed E-state index contributed by atoms with van der Waals surface area (Å²) in [6, 6.07) is 3.90. The van der Waals surface area contributed by atoms with Gasteiger partial charge in [-0.3, -0.25) is 4.79 Å². The third-order valence-corrected chi connectivity index (χ3v) is 4.93. The number of carbonyl (C=O) groups excluding carboxylic acids is 1. The van der Waals surface area contributed by atoms with Gasteiger partial charge >= 0.3 is 0 Å². The van der Waals surface area contributed by atoms with E-state index >= 15 is 0 Å². The number of pyridine rings is 1. The van der Waals surface area contributed by atoms with Gasteiger partial charge in [-0.15, -0.1) is 0 Å². The first-order valence-corrected chi connectivity index (χ1v) is 7.92. The molecule has 0 spiro atoms. The number of aromatic nitrogens is 1. The van der Waals surface area contributed by atoms with Crippen LogP contribution < -0.4 is 11.1 Å². The molecular weight excluding hydrogens is 262 g/mol. The lowest BCUT2D eigenvalue weighted by molar-refractivity contribution is 0.0922. The molecule has 3 N–H and O–H groups in total. The summed E-state index contributed by atoms with van der Waals surface area (Å²) in [5.41, 5.74) is 7.25. The minimum absolute atomic E-state index is 0.00727. The van der Waals surface area contributed by atoms with Gasteiger partial charge in [0.15, 0.2) is 0 Å². The third kappa shape index (κ3) is 2.89. The molecule has 2 bridgehead atoms. The van der Waals surface area contributed by atoms with E-state index in [2.05, 4.69) is 31.1 Å². The molecule has 1 aromatic rings. The fourth-order valence-corrected chi connectivity index (χ4v) is 3.74. The van der Waals surface area contributed by atoms with Gasteiger partial charge in [-0.2, -0.15) is 0 Å². The highest BCUT2D eigenvalue weighted by molar-refractivity contribution is 5.95. The Morgan fingerprint density at radius 3 is 2.62 bits per heavy atom. The van der Waals surface area contributed by atoms with Crippen LogP contribution in [0.3, 0.4) is 0 Å². The number of anilines is 1. The van der Waals surface area contributed by atoms with Crippen molar-refractivity contribution >= 4 is 11.7 Å². The molecule has 0 aromatic carbocycles. The molecule has 0 radical (unpaired) electrons. The van der Waals surface area contributed by atoms with Crippen molar-refractivity contribution < 1.29 is 4.79 Å². The molecule has 2 aliphatic rings. The van der Waals surface area contributed by atoms with E-state index in [-0.39, 0.29) is 11.3 Å². The molecule has 0 aliphatic heterocycles. The molecule has 0 saturated heterocycles. The van der Waals surface area contributed by atoms with Gasteiger partial charge in [0.1, 0.15) is 5.82 Å². The molecule has 1 amide bonds. The highest BCUT2D eigenvalue weighted by atomic mass is 16.1. The summed E-state index contributed by atoms with van der Waals surface area (Å²) in [5.74, 6) is 1.92. The number of rotatable bonds is 2. The molecule has 2 aliphatic carbocycles. The Bertz CT molecular complexity index is 562. The number of carbonyl (C=O) groups is 1. The number of nitrogens with two attached hydrogens (primary N) is 1. The molecule has 1 heterocycles. The summed E-state index contributed by atoms with van der Waals surface area (Å²) >= 11 is 0. The first kappa shape index (κ1) is 14.4. The largest absolute Gasteiger partial charge is 0.384 e. The third-order valence-electron chi connectivity index (χ3n) is 4.93. The van der Waals surface area contributed by atoms with Gasteiger partial charge in [-0.1, -0.05) is 27.2 Å². The molecule has 3 rings (SSSR count). The molecular formula is C17H25N3O. The quantitative estimate of drug-likeness (QED) is 0.879. The summed E-state index contributed by atoms with van der Waals surface area (Å²) in [6.45, 7) is 6.23. The van der Waals surface area contributed by atoms with Crippen molar-refractivity contribution in [1.82, 2.24) is 10.3 Å². The maximum atomic E-state index is 12.5. The summed E-state index contributed by atoms with van der Waals surface area (Å²) in [5, 5.41) is 3.21. The highest BCUT2D eigenvalue weighted by Crippen LogP contribution is 2.44. The predicted molar refractivity (Wildman–Crippen MR) is 84.1 cm³/mol. The molecule has 3 atom stereocenters. The molecule has 3 unspecified atom stereocenters. The Morgan fingerprint density at radius 1 is 1.29 bits per heavy atom. The first-order chi connectivity index (χ1) is 9.83. The summed E-state index contributed by atoms with van der Waals surface area (Å²) < 4.78 is 0. The number of fused-ring (bicyclic) bond motifs is 2. The van der Waals surface area contributed by atoms with Crippen LogP contribution in [0, 0.1) is 11.8 Å². The van der Waals surface area contributed by atoms with Crippen molar-refractivity contribution in [3.63, 3.8) is 0 Å². The fraction of sp³-hybridized carbons (Fsp3) is 0.647. The highest BCUT2D eigenvalue weighted by Gasteiger charge is 2.40. The van der Waals surface area contributed by atoms with E-state index in [4.69, 9.17) is 5.73 Å². The van der Waals surface area contributed by atoms with Gasteiger partial charge < -0.3 is 11.1 Å². The minimum atomic E-state index is -0.114. The predicted octanol–water partition coefficient (Wildman–Crippen LogP) is 2.88. The average molecular weight is 287 g/mol. The van der Waals surface area contributed by atoms with Crippen molar-refractivity contribution in [2.75, 3.05) is 5.73 Å². The Hall–Kier alpha value is -1.58. The molecule has 21 heavy (non-hydrogen) atoms. The standard InChI is InChI=1S/C17H25N3O/c1-17(2,3)14-8-12(9-15(18)20-14)16(21)19-13-7-10-4-5-11(13)6-10/h8-11,13H,4-7H2,1-3H3,(H2,18,20)(H,19,21). The zero-order valence-corrected chi connectivity index (χ0v) is 13.1. The zero-order chi connectivity index (χ0) is 15.2. The number of nitrogens with zero attached hydrogens (tertiary/aromatic N) is 1. The maximum absolute atomic E-state index is 12.5. The second-order valence-electron chi connectivity index (χ2n) is 7.67. The lowest BCUT2D eigenvalue weighted by Crippen LogP contribution is -2.38. The molecule has 114 valence electrons. The van der Waals surface area contributed by atoms with Crippen LogP contribution >= 0.6 is 0 Å². The van der Waals surface area contributed by atoms with E-state index in [1.54, 1.807) is 6.07 Å². The number of hydrogen-bond donors (Lipinski definition) is 2. The van der Waals surface area contributed by atoms with E-state index in [1.165, 1.54) is 19.3 Å². The van der Waals surface area contributed by atoms with Crippen molar-refractivity contribution in [3.05, 3.63) is 23.4 Å². The summed E-state index contributed by atoms with van der Waals surface area (Å²) in [7, 11) is 0. The van der Waals surface area contributed by atoms with Gasteiger partial charge in [0.2, 0.25) is 0 Å². The van der Waals surface area contributed by atoms with Crippen LogP contribution in [0.1, 0.15) is 62.5 Å². The number of hydrogen-bond acceptors (Lipinski definition) is 3. The smallest absolute Gasteiger partial charge is 0.251 e. The Balaban J connectivity index is 1.77. The lowest BCUT2D eigenvalue weighted by atomic mass is 9.90. The van der Waals surface area contributed by atoms with Crippen LogP contribution in [-0.4, -0.2) is 16.9 Å². The Morgan fingerprint density at radius 2 is 2.05 bits per heavy atom. The van der Waals surface area contributed by atoms with E-state index in [0.29, 0.717) is 23.3 Å². The molecule has 4 nitrogen and oxygen atoms in total. The van der Waals surface area contributed by atoms with Crippen molar-refractivity contribution in [2.45, 2.75) is 57.9 Å². The van der Waals surface area contributed by atoms with Crippen LogP contribution in [0.4, 0.5) is 5.82 Å². The fourth-order valence-electron chi connectivity index (χ4n) is 3.74. The van der Waals surface area contributed by atoms with Crippen LogP contribution in [0.15, 0.2) is 12.1 Å². The van der Waals surface area contributed by atoms with E-state index in [9.17, 15) is 4.79 Å². The first-order valence-electron chi connectivity index (χ1n) is 7.92. The molecule has 1 aromatic heterocycles. The average Bonchev–Trinajstić information content (AvgIpc) is 2.99.